The van der Waals surface area contributed by atoms with E-state index in [0.717, 1.165) is 16.8 Å². The highest BCUT2D eigenvalue weighted by molar-refractivity contribution is 6.06. The van der Waals surface area contributed by atoms with E-state index in [1.807, 2.05) is 56.3 Å². The highest BCUT2D eigenvalue weighted by Gasteiger charge is 2.08. The molecule has 0 aromatic heterocycles. The number of hydrogen-bond acceptors (Lipinski definition) is 3. The Morgan fingerprint density at radius 3 is 2.29 bits per heavy atom. The first-order valence-corrected chi connectivity index (χ1v) is 7.73. The number of methoxy groups -OCH3 is 2. The second kappa shape index (κ2) is 7.68. The third-order valence-electron chi connectivity index (χ3n) is 3.91. The minimum Gasteiger partial charge on any atom is -0.493 e. The predicted molar refractivity (Wildman–Crippen MR) is 97.7 cm³/mol. The normalized spacial score (nSPS) is 11.1. The van der Waals surface area contributed by atoms with Crippen molar-refractivity contribution in [2.75, 3.05) is 19.5 Å². The van der Waals surface area contributed by atoms with Crippen LogP contribution in [-0.2, 0) is 4.79 Å². The molecule has 2 aromatic rings. The van der Waals surface area contributed by atoms with Crippen LogP contribution >= 0.6 is 0 Å². The molecular weight excluding hydrogens is 302 g/mol. The fourth-order valence-electron chi connectivity index (χ4n) is 2.31. The van der Waals surface area contributed by atoms with E-state index in [-0.39, 0.29) is 5.91 Å². The molecule has 0 fully saturated rings. The molecular formula is C20H23NO3. The Kier molecular flexibility index (Phi) is 5.64. The van der Waals surface area contributed by atoms with Crippen molar-refractivity contribution in [3.63, 3.8) is 0 Å². The molecule has 0 bridgehead atoms. The predicted octanol–water partition coefficient (Wildman–Crippen LogP) is 4.36. The highest BCUT2D eigenvalue weighted by atomic mass is 16.5. The van der Waals surface area contributed by atoms with Gasteiger partial charge in [-0.3, -0.25) is 4.79 Å². The lowest BCUT2D eigenvalue weighted by Crippen LogP contribution is -2.12. The van der Waals surface area contributed by atoms with Gasteiger partial charge in [0, 0.05) is 11.3 Å². The van der Waals surface area contributed by atoms with Gasteiger partial charge in [0.15, 0.2) is 11.5 Å². The summed E-state index contributed by atoms with van der Waals surface area (Å²) in [6, 6.07) is 11.4. The maximum atomic E-state index is 12.4. The van der Waals surface area contributed by atoms with Gasteiger partial charge in [-0.1, -0.05) is 12.1 Å². The van der Waals surface area contributed by atoms with E-state index in [1.54, 1.807) is 21.1 Å². The van der Waals surface area contributed by atoms with Crippen LogP contribution in [0.1, 0.15) is 23.6 Å². The topological polar surface area (TPSA) is 47.6 Å². The highest BCUT2D eigenvalue weighted by Crippen LogP contribution is 2.28. The zero-order chi connectivity index (χ0) is 17.7. The molecule has 2 aromatic carbocycles. The summed E-state index contributed by atoms with van der Waals surface area (Å²) in [7, 11) is 3.18. The van der Waals surface area contributed by atoms with Gasteiger partial charge < -0.3 is 14.8 Å². The average Bonchev–Trinajstić information content (AvgIpc) is 2.57. The van der Waals surface area contributed by atoms with Crippen LogP contribution in [-0.4, -0.2) is 20.1 Å². The molecule has 4 nitrogen and oxygen atoms in total. The van der Waals surface area contributed by atoms with Gasteiger partial charge >= 0.3 is 0 Å². The van der Waals surface area contributed by atoms with Gasteiger partial charge in [0.1, 0.15) is 0 Å². The van der Waals surface area contributed by atoms with Crippen LogP contribution < -0.4 is 14.8 Å². The minimum atomic E-state index is -0.131. The third kappa shape index (κ3) is 4.16. The lowest BCUT2D eigenvalue weighted by molar-refractivity contribution is -0.112. The van der Waals surface area contributed by atoms with Crippen molar-refractivity contribution in [3.05, 3.63) is 58.7 Å². The molecule has 2 rings (SSSR count). The van der Waals surface area contributed by atoms with Crippen LogP contribution in [0.2, 0.25) is 0 Å². The number of nitrogens with one attached hydrogen (secondary N) is 1. The van der Waals surface area contributed by atoms with Crippen LogP contribution in [0.15, 0.2) is 42.0 Å². The maximum Gasteiger partial charge on any atom is 0.251 e. The molecule has 4 heteroatoms. The molecule has 0 atom stereocenters. The first-order chi connectivity index (χ1) is 11.4. The number of hydrogen-bond donors (Lipinski definition) is 1. The zero-order valence-corrected chi connectivity index (χ0v) is 14.8. The summed E-state index contributed by atoms with van der Waals surface area (Å²) in [5.41, 5.74) is 4.63. The maximum absolute atomic E-state index is 12.4. The van der Waals surface area contributed by atoms with Gasteiger partial charge in [-0.25, -0.2) is 0 Å². The van der Waals surface area contributed by atoms with Crippen LogP contribution in [0.5, 0.6) is 11.5 Å². The number of aryl methyl sites for hydroxylation is 2. The summed E-state index contributed by atoms with van der Waals surface area (Å²) in [4.78, 5) is 12.4. The summed E-state index contributed by atoms with van der Waals surface area (Å²) in [5.74, 6) is 1.16. The number of ether oxygens (including phenoxy) is 2. The average molecular weight is 325 g/mol. The standard InChI is InChI=1S/C20H23NO3/c1-13-6-8-17(11-14(13)2)21-20(22)15(3)10-16-7-9-18(23-4)19(12-16)24-5/h6-12H,1-5H3,(H,21,22)/b15-10+. The summed E-state index contributed by atoms with van der Waals surface area (Å²) in [5, 5.41) is 2.92. The van der Waals surface area contributed by atoms with Crippen molar-refractivity contribution in [2.24, 2.45) is 0 Å². The largest absolute Gasteiger partial charge is 0.493 e. The smallest absolute Gasteiger partial charge is 0.251 e. The van der Waals surface area contributed by atoms with E-state index in [9.17, 15) is 4.79 Å². The van der Waals surface area contributed by atoms with Gasteiger partial charge in [-0.05, 0) is 67.8 Å². The minimum absolute atomic E-state index is 0.131. The first-order valence-electron chi connectivity index (χ1n) is 7.73. The summed E-state index contributed by atoms with van der Waals surface area (Å²) in [6.45, 7) is 5.85. The molecule has 0 spiro atoms. The molecule has 126 valence electrons. The van der Waals surface area contributed by atoms with E-state index in [1.165, 1.54) is 5.56 Å². The second-order valence-corrected chi connectivity index (χ2v) is 5.69. The number of carbonyl (C=O) groups excluding carboxylic acids is 1. The Morgan fingerprint density at radius 2 is 1.67 bits per heavy atom. The monoisotopic (exact) mass is 325 g/mol. The molecule has 0 saturated carbocycles. The molecule has 1 N–H and O–H groups in total. The molecule has 0 aliphatic heterocycles. The molecule has 0 radical (unpaired) electrons. The third-order valence-corrected chi connectivity index (χ3v) is 3.91. The molecule has 1 amide bonds. The summed E-state index contributed by atoms with van der Waals surface area (Å²) in [6.07, 6.45) is 1.82. The van der Waals surface area contributed by atoms with E-state index in [2.05, 4.69) is 5.32 Å². The lowest BCUT2D eigenvalue weighted by Gasteiger charge is -2.09. The van der Waals surface area contributed by atoms with E-state index in [4.69, 9.17) is 9.47 Å². The molecule has 0 aliphatic rings. The number of anilines is 1. The van der Waals surface area contributed by atoms with Gasteiger partial charge in [0.2, 0.25) is 0 Å². The molecule has 0 aliphatic carbocycles. The van der Waals surface area contributed by atoms with Crippen LogP contribution in [0.25, 0.3) is 6.08 Å². The van der Waals surface area contributed by atoms with Gasteiger partial charge in [0.25, 0.3) is 5.91 Å². The Hall–Kier alpha value is -2.75. The fourth-order valence-corrected chi connectivity index (χ4v) is 2.31. The van der Waals surface area contributed by atoms with Crippen molar-refractivity contribution >= 4 is 17.7 Å². The fraction of sp³-hybridized carbons (Fsp3) is 0.250. The number of carbonyl (C=O) groups is 1. The number of benzene rings is 2. The van der Waals surface area contributed by atoms with E-state index < -0.39 is 0 Å². The van der Waals surface area contributed by atoms with E-state index in [0.29, 0.717) is 17.1 Å². The lowest BCUT2D eigenvalue weighted by atomic mass is 10.1. The number of rotatable bonds is 5. The van der Waals surface area contributed by atoms with Crippen LogP contribution in [0.3, 0.4) is 0 Å². The Labute approximate surface area is 143 Å². The quantitative estimate of drug-likeness (QED) is 0.831. The molecule has 0 heterocycles. The van der Waals surface area contributed by atoms with Crippen molar-refractivity contribution in [1.29, 1.82) is 0 Å². The second-order valence-electron chi connectivity index (χ2n) is 5.69. The molecule has 24 heavy (non-hydrogen) atoms. The summed E-state index contributed by atoms with van der Waals surface area (Å²) >= 11 is 0. The Morgan fingerprint density at radius 1 is 0.958 bits per heavy atom. The van der Waals surface area contributed by atoms with Crippen LogP contribution in [0, 0.1) is 13.8 Å². The first kappa shape index (κ1) is 17.6. The molecule has 0 saturated heterocycles. The van der Waals surface area contributed by atoms with E-state index >= 15 is 0 Å². The van der Waals surface area contributed by atoms with Gasteiger partial charge in [-0.2, -0.15) is 0 Å². The Bertz CT molecular complexity index is 778. The van der Waals surface area contributed by atoms with Crippen molar-refractivity contribution in [3.8, 4) is 11.5 Å². The van der Waals surface area contributed by atoms with Gasteiger partial charge in [-0.15, -0.1) is 0 Å². The van der Waals surface area contributed by atoms with Gasteiger partial charge in [0.05, 0.1) is 14.2 Å². The zero-order valence-electron chi connectivity index (χ0n) is 14.8. The Balaban J connectivity index is 2.17. The SMILES string of the molecule is COc1ccc(/C=C(\C)C(=O)Nc2ccc(C)c(C)c2)cc1OC. The van der Waals surface area contributed by atoms with Crippen molar-refractivity contribution in [2.45, 2.75) is 20.8 Å². The summed E-state index contributed by atoms with van der Waals surface area (Å²) < 4.78 is 10.5. The van der Waals surface area contributed by atoms with Crippen LogP contribution in [0.4, 0.5) is 5.69 Å². The van der Waals surface area contributed by atoms with Crippen molar-refractivity contribution < 1.29 is 14.3 Å². The molecule has 0 unspecified atom stereocenters. The van der Waals surface area contributed by atoms with Crippen molar-refractivity contribution in [1.82, 2.24) is 0 Å². The number of amides is 1.